The van der Waals surface area contributed by atoms with E-state index in [-0.39, 0.29) is 29.9 Å². The minimum Gasteiger partial charge on any atom is -0.481 e. The van der Waals surface area contributed by atoms with Gasteiger partial charge < -0.3 is 35.1 Å². The molecule has 3 aliphatic rings. The number of nitrogens with zero attached hydrogens (tertiary/aromatic N) is 2. The number of ether oxygens (including phenoxy) is 3. The molecule has 2 aliphatic carbocycles. The average molecular weight is 782 g/mol. The topological polar surface area (TPSA) is 164 Å². The number of hydrogen-bond acceptors (Lipinski definition) is 10. The molecule has 1 saturated carbocycles. The molecule has 0 radical (unpaired) electrons. The van der Waals surface area contributed by atoms with Gasteiger partial charge in [-0.3, -0.25) is 14.9 Å². The van der Waals surface area contributed by atoms with Crippen LogP contribution in [0.1, 0.15) is 59.6 Å². The van der Waals surface area contributed by atoms with E-state index in [1.165, 1.54) is 14.2 Å². The van der Waals surface area contributed by atoms with Gasteiger partial charge in [0.25, 0.3) is 0 Å². The van der Waals surface area contributed by atoms with Crippen LogP contribution in [0.2, 0.25) is 5.02 Å². The van der Waals surface area contributed by atoms with Crippen LogP contribution in [0, 0.1) is 0 Å². The lowest BCUT2D eigenvalue weighted by Gasteiger charge is -2.21. The monoisotopic (exact) mass is 781 g/mol. The Morgan fingerprint density at radius 3 is 2.36 bits per heavy atom. The van der Waals surface area contributed by atoms with Gasteiger partial charge in [-0.2, -0.15) is 18.2 Å². The van der Waals surface area contributed by atoms with Crippen LogP contribution >= 0.6 is 11.6 Å². The molecule has 16 heteroatoms. The molecular weight excluding hydrogens is 743 g/mol. The summed E-state index contributed by atoms with van der Waals surface area (Å²) in [6, 6.07) is 15.6. The number of fused-ring (bicyclic) bond motifs is 1. The highest BCUT2D eigenvalue weighted by molar-refractivity contribution is 6.36. The third kappa shape index (κ3) is 7.79. The summed E-state index contributed by atoms with van der Waals surface area (Å²) in [5.41, 5.74) is 2.93. The molecule has 0 spiro atoms. The molecule has 1 unspecified atom stereocenters. The number of nitrogens with one attached hydrogen (secondary N) is 3. The van der Waals surface area contributed by atoms with Crippen LogP contribution in [-0.2, 0) is 35.3 Å². The number of benzene rings is 2. The van der Waals surface area contributed by atoms with Crippen molar-refractivity contribution in [2.75, 3.05) is 20.8 Å². The number of aliphatic carboxylic acids is 1. The Hall–Kier alpha value is -4.96. The second-order valence-electron chi connectivity index (χ2n) is 13.9. The molecule has 2 fully saturated rings. The molecule has 5 N–H and O–H groups in total. The van der Waals surface area contributed by atoms with Crippen LogP contribution in [0.3, 0.4) is 0 Å². The van der Waals surface area contributed by atoms with Crippen LogP contribution in [0.5, 0.6) is 17.6 Å². The quantitative estimate of drug-likeness (QED) is 0.108. The zero-order valence-electron chi connectivity index (χ0n) is 29.9. The maximum Gasteiger partial charge on any atom is 0.421 e. The number of aromatic nitrogens is 2. The first-order chi connectivity index (χ1) is 26.3. The van der Waals surface area contributed by atoms with Gasteiger partial charge in [0.15, 0.2) is 0 Å². The van der Waals surface area contributed by atoms with E-state index in [9.17, 15) is 33.0 Å². The molecule has 12 nitrogen and oxygen atoms in total. The summed E-state index contributed by atoms with van der Waals surface area (Å²) in [5, 5.41) is 28.5. The number of carboxylic acid groups (broad SMARTS) is 1. The van der Waals surface area contributed by atoms with Gasteiger partial charge in [-0.1, -0.05) is 54.1 Å². The van der Waals surface area contributed by atoms with Gasteiger partial charge >= 0.3 is 12.1 Å². The van der Waals surface area contributed by atoms with Crippen LogP contribution in [0.4, 0.5) is 13.2 Å². The fourth-order valence-corrected chi connectivity index (χ4v) is 7.54. The van der Waals surface area contributed by atoms with Crippen LogP contribution in [0.15, 0.2) is 54.6 Å². The summed E-state index contributed by atoms with van der Waals surface area (Å²) < 4.78 is 60.3. The molecule has 0 bridgehead atoms. The van der Waals surface area contributed by atoms with E-state index >= 15 is 0 Å². The number of rotatable bonds is 14. The van der Waals surface area contributed by atoms with E-state index in [1.54, 1.807) is 0 Å². The third-order valence-corrected chi connectivity index (χ3v) is 10.7. The number of aliphatic hydroxyl groups excluding tert-OH is 1. The van der Waals surface area contributed by atoms with Crippen molar-refractivity contribution < 1.29 is 47.2 Å². The minimum absolute atomic E-state index is 0.0638. The molecular formula is C39H39ClF3N5O7. The normalized spacial score (nSPS) is 19.8. The van der Waals surface area contributed by atoms with Gasteiger partial charge in [0.05, 0.1) is 24.9 Å². The molecule has 7 rings (SSSR count). The lowest BCUT2D eigenvalue weighted by atomic mass is 9.94. The number of hydrogen-bond donors (Lipinski definition) is 5. The predicted octanol–water partition coefficient (Wildman–Crippen LogP) is 5.61. The third-order valence-electron chi connectivity index (χ3n) is 10.3. The smallest absolute Gasteiger partial charge is 0.421 e. The predicted molar refractivity (Wildman–Crippen MR) is 195 cm³/mol. The first-order valence-corrected chi connectivity index (χ1v) is 18.1. The van der Waals surface area contributed by atoms with Gasteiger partial charge in [0, 0.05) is 54.4 Å². The fraction of sp³-hybridized carbons (Fsp3) is 0.385. The number of pyridine rings is 2. The summed E-state index contributed by atoms with van der Waals surface area (Å²) in [4.78, 5) is 32.1. The van der Waals surface area contributed by atoms with Crippen molar-refractivity contribution in [3.8, 4) is 40.0 Å². The zero-order valence-corrected chi connectivity index (χ0v) is 30.7. The number of carbonyl (C=O) groups excluding carboxylic acids is 1. The van der Waals surface area contributed by atoms with E-state index < -0.39 is 41.3 Å². The Morgan fingerprint density at radius 1 is 0.982 bits per heavy atom. The maximum atomic E-state index is 14.4. The molecule has 3 heterocycles. The lowest BCUT2D eigenvalue weighted by molar-refractivity contribution is -0.141. The van der Waals surface area contributed by atoms with Crippen LogP contribution in [0.25, 0.3) is 22.4 Å². The first kappa shape index (κ1) is 38.3. The highest BCUT2D eigenvalue weighted by atomic mass is 35.5. The van der Waals surface area contributed by atoms with Gasteiger partial charge in [0.1, 0.15) is 23.3 Å². The summed E-state index contributed by atoms with van der Waals surface area (Å²) in [7, 11) is 2.81. The van der Waals surface area contributed by atoms with Gasteiger partial charge in [-0.15, -0.1) is 0 Å². The highest BCUT2D eigenvalue weighted by Gasteiger charge is 2.50. The van der Waals surface area contributed by atoms with E-state index in [1.807, 2.05) is 48.5 Å². The van der Waals surface area contributed by atoms with E-state index in [0.29, 0.717) is 78.5 Å². The van der Waals surface area contributed by atoms with Crippen molar-refractivity contribution in [3.05, 3.63) is 87.4 Å². The van der Waals surface area contributed by atoms with Gasteiger partial charge in [-0.25, -0.2) is 4.98 Å². The Morgan fingerprint density at radius 2 is 1.69 bits per heavy atom. The molecule has 2 aromatic heterocycles. The van der Waals surface area contributed by atoms with Crippen molar-refractivity contribution in [1.29, 1.82) is 0 Å². The van der Waals surface area contributed by atoms with Crippen molar-refractivity contribution in [2.24, 2.45) is 0 Å². The second-order valence-corrected chi connectivity index (χ2v) is 14.3. The number of carboxylic acids is 1. The molecule has 1 aliphatic heterocycles. The second kappa shape index (κ2) is 15.3. The standard InChI is InChI=1S/C39H39ClF3N5O7/c1-53-34-20(17-44-19-22-16-30(49)33(50)46-22)9-11-29(47-34)27-8-4-7-26(32(27)40)23-5-3-6-25-24(23)10-12-31(25)55-36-28(39(41,42)43)15-21(35(48-36)54-2)18-45-38(13-14-38)37(51)52/h3-9,11,15,22,30-31,44-45,49H,10,12-14,16-19H2,1-2H3,(H,46,50)(H,51,52)/t22-,30?,31-/m0/s1. The number of halogens is 4. The number of aliphatic hydroxyl groups is 1. The summed E-state index contributed by atoms with van der Waals surface area (Å²) in [5.74, 6) is -1.77. The van der Waals surface area contributed by atoms with Crippen LogP contribution in [-0.4, -0.2) is 70.5 Å². The van der Waals surface area contributed by atoms with E-state index in [4.69, 9.17) is 30.8 Å². The molecule has 1 saturated heterocycles. The molecule has 3 atom stereocenters. The summed E-state index contributed by atoms with van der Waals surface area (Å²) in [6.07, 6.45) is -4.58. The largest absolute Gasteiger partial charge is 0.481 e. The van der Waals surface area contributed by atoms with Gasteiger partial charge in [0.2, 0.25) is 23.5 Å². The number of alkyl halides is 3. The highest BCUT2D eigenvalue weighted by Crippen LogP contribution is 2.46. The van der Waals surface area contributed by atoms with E-state index in [0.717, 1.165) is 22.8 Å². The molecule has 55 heavy (non-hydrogen) atoms. The van der Waals surface area contributed by atoms with Crippen molar-refractivity contribution >= 4 is 23.5 Å². The molecule has 2 aromatic carbocycles. The minimum atomic E-state index is -4.81. The maximum absolute atomic E-state index is 14.4. The number of carbonyl (C=O) groups is 2. The van der Waals surface area contributed by atoms with Crippen molar-refractivity contribution in [3.63, 3.8) is 0 Å². The number of methoxy groups -OCH3 is 2. The zero-order chi connectivity index (χ0) is 39.1. The summed E-state index contributed by atoms with van der Waals surface area (Å²) >= 11 is 7.09. The Bertz CT molecular complexity index is 2130. The summed E-state index contributed by atoms with van der Waals surface area (Å²) in [6.45, 7) is 0.692. The van der Waals surface area contributed by atoms with Crippen LogP contribution < -0.4 is 30.2 Å². The SMILES string of the molecule is COc1nc(-c2cccc(-c3cccc4c3CC[C@@H]4Oc3nc(OC)c(CNC4(C(=O)O)CC4)cc3C(F)(F)F)c2Cl)ccc1CNC[C@@H]1CC(O)C(=O)N1. The molecule has 290 valence electrons. The van der Waals surface area contributed by atoms with Crippen molar-refractivity contribution in [1.82, 2.24) is 25.9 Å². The van der Waals surface area contributed by atoms with Gasteiger partial charge in [-0.05, 0) is 54.5 Å². The fourth-order valence-electron chi connectivity index (χ4n) is 7.22. The number of amides is 1. The lowest BCUT2D eigenvalue weighted by Crippen LogP contribution is -2.38. The Balaban J connectivity index is 1.12. The molecule has 4 aromatic rings. The van der Waals surface area contributed by atoms with Crippen molar-refractivity contribution in [2.45, 2.75) is 75.2 Å². The first-order valence-electron chi connectivity index (χ1n) is 17.8. The van der Waals surface area contributed by atoms with E-state index in [2.05, 4.69) is 20.9 Å². The molecule has 1 amide bonds. The Labute approximate surface area is 319 Å². The Kier molecular flexibility index (Phi) is 10.7. The average Bonchev–Trinajstić information content (AvgIpc) is 3.76.